The van der Waals surface area contributed by atoms with Crippen LogP contribution in [0.25, 0.3) is 27.8 Å². The third-order valence-corrected chi connectivity index (χ3v) is 5.28. The molecule has 0 aliphatic carbocycles. The summed E-state index contributed by atoms with van der Waals surface area (Å²) in [5.41, 5.74) is 3.24. The third-order valence-electron chi connectivity index (χ3n) is 4.31. The lowest BCUT2D eigenvalue weighted by molar-refractivity contribution is 0.627. The maximum Gasteiger partial charge on any atom is 0.275 e. The maximum atomic E-state index is 13.2. The average Bonchev–Trinajstić information content (AvgIpc) is 3.32. The highest BCUT2D eigenvalue weighted by Gasteiger charge is 2.11. The van der Waals surface area contributed by atoms with Crippen molar-refractivity contribution >= 4 is 33.4 Å². The van der Waals surface area contributed by atoms with Crippen LogP contribution in [0.4, 0.5) is 4.39 Å². The lowest BCUT2D eigenvalue weighted by Crippen LogP contribution is -2.23. The van der Waals surface area contributed by atoms with E-state index in [-0.39, 0.29) is 11.4 Å². The summed E-state index contributed by atoms with van der Waals surface area (Å²) in [7, 11) is 0. The van der Waals surface area contributed by atoms with Crippen LogP contribution in [-0.2, 0) is 0 Å². The first kappa shape index (κ1) is 15.0. The predicted molar refractivity (Wildman–Crippen MR) is 101 cm³/mol. The molecule has 0 bridgehead atoms. The fourth-order valence-electron chi connectivity index (χ4n) is 3.09. The quantitative estimate of drug-likeness (QED) is 0.484. The Bertz CT molecular complexity index is 1360. The largest absolute Gasteiger partial charge is 0.317 e. The van der Waals surface area contributed by atoms with Gasteiger partial charge in [0.15, 0.2) is 4.96 Å². The zero-order chi connectivity index (χ0) is 17.7. The fraction of sp³-hybridized carbons (Fsp3) is 0. The molecule has 2 aromatic carbocycles. The molecule has 0 saturated heterocycles. The molecule has 0 radical (unpaired) electrons. The fourth-order valence-corrected chi connectivity index (χ4v) is 4.07. The second-order valence-corrected chi connectivity index (χ2v) is 6.92. The van der Waals surface area contributed by atoms with Crippen molar-refractivity contribution in [2.75, 3.05) is 0 Å². The van der Waals surface area contributed by atoms with Gasteiger partial charge in [-0.25, -0.2) is 13.8 Å². The van der Waals surface area contributed by atoms with E-state index in [0.717, 1.165) is 22.4 Å². The first-order valence-corrected chi connectivity index (χ1v) is 8.87. The van der Waals surface area contributed by atoms with Gasteiger partial charge in [0.25, 0.3) is 5.56 Å². The number of fused-ring (bicyclic) bond motifs is 3. The Morgan fingerprint density at radius 3 is 2.65 bits per heavy atom. The molecule has 0 fully saturated rings. The zero-order valence-electron chi connectivity index (χ0n) is 13.5. The zero-order valence-corrected chi connectivity index (χ0v) is 14.3. The Balaban J connectivity index is 1.71. The van der Waals surface area contributed by atoms with E-state index < -0.39 is 0 Å². The highest BCUT2D eigenvalue weighted by molar-refractivity contribution is 7.15. The van der Waals surface area contributed by atoms with Crippen LogP contribution >= 0.6 is 11.3 Å². The molecular formula is C20H12FN3OS. The van der Waals surface area contributed by atoms with Crippen molar-refractivity contribution in [3.63, 3.8) is 0 Å². The molecule has 3 heterocycles. The molecule has 0 N–H and O–H groups in total. The second-order valence-electron chi connectivity index (χ2n) is 5.91. The van der Waals surface area contributed by atoms with Crippen LogP contribution in [0.2, 0.25) is 0 Å². The number of halogens is 1. The molecule has 0 spiro atoms. The van der Waals surface area contributed by atoms with Crippen molar-refractivity contribution in [2.45, 2.75) is 0 Å². The number of hydrogen-bond donors (Lipinski definition) is 0. The van der Waals surface area contributed by atoms with Gasteiger partial charge in [0.1, 0.15) is 5.82 Å². The molecule has 5 rings (SSSR count). The van der Waals surface area contributed by atoms with Crippen LogP contribution in [0, 0.1) is 5.82 Å². The summed E-state index contributed by atoms with van der Waals surface area (Å²) in [6, 6.07) is 17.7. The second kappa shape index (κ2) is 5.64. The van der Waals surface area contributed by atoms with Crippen LogP contribution in [0.3, 0.4) is 0 Å². The Morgan fingerprint density at radius 1 is 1.00 bits per heavy atom. The smallest absolute Gasteiger partial charge is 0.275 e. The predicted octanol–water partition coefficient (Wildman–Crippen LogP) is 3.39. The Kier molecular flexibility index (Phi) is 3.26. The molecule has 0 atom stereocenters. The van der Waals surface area contributed by atoms with Crippen LogP contribution in [0.15, 0.2) is 71.7 Å². The third kappa shape index (κ3) is 2.27. The van der Waals surface area contributed by atoms with E-state index in [1.807, 2.05) is 53.2 Å². The number of rotatable bonds is 2. The lowest BCUT2D eigenvalue weighted by Gasteiger charge is -2.05. The van der Waals surface area contributed by atoms with Crippen molar-refractivity contribution in [1.82, 2.24) is 14.0 Å². The number of benzene rings is 2. The summed E-state index contributed by atoms with van der Waals surface area (Å²) in [5, 5.41) is 0. The first-order chi connectivity index (χ1) is 12.7. The van der Waals surface area contributed by atoms with Gasteiger partial charge in [0.05, 0.1) is 15.6 Å². The van der Waals surface area contributed by atoms with Gasteiger partial charge in [-0.2, -0.15) is 0 Å². The molecule has 0 amide bonds. The van der Waals surface area contributed by atoms with Crippen LogP contribution in [0.5, 0.6) is 0 Å². The van der Waals surface area contributed by atoms with Crippen molar-refractivity contribution in [1.29, 1.82) is 0 Å². The number of hydrogen-bond acceptors (Lipinski definition) is 3. The minimum absolute atomic E-state index is 0.0782. The first-order valence-electron chi connectivity index (χ1n) is 8.06. The van der Waals surface area contributed by atoms with Crippen LogP contribution in [0.1, 0.15) is 5.69 Å². The molecule has 0 aliphatic heterocycles. The van der Waals surface area contributed by atoms with E-state index in [1.165, 1.54) is 23.5 Å². The molecule has 0 saturated carbocycles. The van der Waals surface area contributed by atoms with Gasteiger partial charge in [-0.3, -0.25) is 4.79 Å². The number of imidazole rings is 1. The summed E-state index contributed by atoms with van der Waals surface area (Å²) in [6.07, 6.45) is 3.73. The van der Waals surface area contributed by atoms with Gasteiger partial charge in [-0.15, -0.1) is 0 Å². The van der Waals surface area contributed by atoms with E-state index in [1.54, 1.807) is 16.5 Å². The van der Waals surface area contributed by atoms with Gasteiger partial charge >= 0.3 is 0 Å². The monoisotopic (exact) mass is 361 g/mol. The highest BCUT2D eigenvalue weighted by Crippen LogP contribution is 2.17. The van der Waals surface area contributed by atoms with Crippen molar-refractivity contribution in [3.8, 4) is 5.69 Å². The van der Waals surface area contributed by atoms with E-state index >= 15 is 0 Å². The molecule has 4 nitrogen and oxygen atoms in total. The molecule has 6 heteroatoms. The Hall–Kier alpha value is -3.25. The van der Waals surface area contributed by atoms with E-state index in [0.29, 0.717) is 9.49 Å². The molecule has 0 unspecified atom stereocenters. The molecule has 26 heavy (non-hydrogen) atoms. The van der Waals surface area contributed by atoms with Crippen LogP contribution in [-0.4, -0.2) is 14.0 Å². The Morgan fingerprint density at radius 2 is 1.81 bits per heavy atom. The number of aromatic nitrogens is 3. The Labute approximate surface area is 151 Å². The highest BCUT2D eigenvalue weighted by atomic mass is 32.1. The van der Waals surface area contributed by atoms with E-state index in [2.05, 4.69) is 4.98 Å². The van der Waals surface area contributed by atoms with Gasteiger partial charge in [0, 0.05) is 17.6 Å². The summed E-state index contributed by atoms with van der Waals surface area (Å²) >= 11 is 1.36. The topological polar surface area (TPSA) is 39.3 Å². The molecule has 5 aromatic rings. The number of para-hydroxylation sites is 2. The summed E-state index contributed by atoms with van der Waals surface area (Å²) in [5.74, 6) is -0.278. The average molecular weight is 361 g/mol. The van der Waals surface area contributed by atoms with Gasteiger partial charge < -0.3 is 4.57 Å². The van der Waals surface area contributed by atoms with Gasteiger partial charge in [-0.1, -0.05) is 23.5 Å². The van der Waals surface area contributed by atoms with Crippen LogP contribution < -0.4 is 10.1 Å². The van der Waals surface area contributed by atoms with Gasteiger partial charge in [0.2, 0.25) is 0 Å². The molecule has 126 valence electrons. The molecule has 0 aliphatic rings. The van der Waals surface area contributed by atoms with Crippen molar-refractivity contribution in [2.24, 2.45) is 0 Å². The summed E-state index contributed by atoms with van der Waals surface area (Å²) in [6.45, 7) is 0. The van der Waals surface area contributed by atoms with Crippen molar-refractivity contribution in [3.05, 3.63) is 93.3 Å². The SMILES string of the molecule is O=c1/c(=C/c2cccn2-c2ccc(F)cc2)sc2nc3ccccc3n12. The molecular weight excluding hydrogens is 349 g/mol. The maximum absolute atomic E-state index is 13.2. The van der Waals surface area contributed by atoms with E-state index in [9.17, 15) is 9.18 Å². The normalized spacial score (nSPS) is 12.4. The van der Waals surface area contributed by atoms with Gasteiger partial charge in [-0.05, 0) is 54.6 Å². The van der Waals surface area contributed by atoms with E-state index in [4.69, 9.17) is 0 Å². The number of nitrogens with zero attached hydrogens (tertiary/aromatic N) is 3. The summed E-state index contributed by atoms with van der Waals surface area (Å²) < 4.78 is 17.3. The molecule has 3 aromatic heterocycles. The minimum atomic E-state index is -0.278. The number of thiazole rings is 1. The standard InChI is InChI=1S/C20H12FN3OS/c21-13-7-9-14(10-8-13)23-11-3-4-15(23)12-18-19(25)24-17-6-2-1-5-16(17)22-20(24)26-18/h1-12H/b18-12-. The van der Waals surface area contributed by atoms with Crippen molar-refractivity contribution < 1.29 is 4.39 Å². The minimum Gasteiger partial charge on any atom is -0.317 e. The summed E-state index contributed by atoms with van der Waals surface area (Å²) in [4.78, 5) is 18.1. The lowest BCUT2D eigenvalue weighted by atomic mass is 10.3.